The van der Waals surface area contributed by atoms with Crippen LogP contribution < -0.4 is 10.6 Å². The molecule has 0 spiro atoms. The second kappa shape index (κ2) is 8.37. The Balaban J connectivity index is 1.66. The number of nitrogens with one attached hydrogen (secondary N) is 2. The molecule has 0 amide bonds. The van der Waals surface area contributed by atoms with E-state index in [1.807, 2.05) is 11.8 Å². The van der Waals surface area contributed by atoms with E-state index in [-0.39, 0.29) is 11.7 Å². The summed E-state index contributed by atoms with van der Waals surface area (Å²) in [4.78, 5) is 1.87. The largest absolute Gasteiger partial charge is 0.416 e. The van der Waals surface area contributed by atoms with E-state index < -0.39 is 32.5 Å². The van der Waals surface area contributed by atoms with E-state index in [4.69, 9.17) is 0 Å². The topological polar surface area (TPSA) is 61.4 Å². The van der Waals surface area contributed by atoms with Crippen LogP contribution in [0.4, 0.5) is 13.2 Å². The SMILES string of the molecule is C=CC(N1CCC(c2cccc(C(F)(F)F)c2)CC1)S(=O)(=O)CC1(C)CNCN1. The molecule has 2 fully saturated rings. The maximum absolute atomic E-state index is 13.0. The first-order chi connectivity index (χ1) is 13.5. The van der Waals surface area contributed by atoms with E-state index in [1.165, 1.54) is 18.2 Å². The molecule has 5 nitrogen and oxygen atoms in total. The lowest BCUT2D eigenvalue weighted by Gasteiger charge is -2.37. The van der Waals surface area contributed by atoms with Crippen LogP contribution in [-0.2, 0) is 16.0 Å². The smallest absolute Gasteiger partial charge is 0.303 e. The number of hydrogen-bond acceptors (Lipinski definition) is 5. The van der Waals surface area contributed by atoms with Gasteiger partial charge in [0.15, 0.2) is 9.84 Å². The van der Waals surface area contributed by atoms with E-state index in [2.05, 4.69) is 17.2 Å². The molecule has 0 bridgehead atoms. The summed E-state index contributed by atoms with van der Waals surface area (Å²) in [6, 6.07) is 5.44. The Labute approximate surface area is 170 Å². The summed E-state index contributed by atoms with van der Waals surface area (Å²) < 4.78 is 65.0. The summed E-state index contributed by atoms with van der Waals surface area (Å²) in [5, 5.41) is 5.51. The van der Waals surface area contributed by atoms with Gasteiger partial charge in [-0.1, -0.05) is 24.3 Å². The average molecular weight is 432 g/mol. The Bertz CT molecular complexity index is 828. The number of nitrogens with zero attached hydrogens (tertiary/aromatic N) is 1. The van der Waals surface area contributed by atoms with Crippen LogP contribution in [-0.4, -0.2) is 56.3 Å². The summed E-state index contributed by atoms with van der Waals surface area (Å²) in [6.07, 6.45) is -1.68. The van der Waals surface area contributed by atoms with Crippen molar-refractivity contribution in [3.05, 3.63) is 48.0 Å². The third kappa shape index (κ3) is 5.20. The molecule has 2 heterocycles. The molecule has 1 aromatic carbocycles. The normalized spacial score (nSPS) is 25.8. The van der Waals surface area contributed by atoms with Crippen molar-refractivity contribution in [2.24, 2.45) is 0 Å². The van der Waals surface area contributed by atoms with Crippen molar-refractivity contribution in [2.75, 3.05) is 32.1 Å². The van der Waals surface area contributed by atoms with Crippen LogP contribution in [0.5, 0.6) is 0 Å². The third-order valence-electron chi connectivity index (χ3n) is 5.82. The van der Waals surface area contributed by atoms with Gasteiger partial charge in [-0.3, -0.25) is 10.2 Å². The van der Waals surface area contributed by atoms with Crippen molar-refractivity contribution in [1.29, 1.82) is 0 Å². The fourth-order valence-electron chi connectivity index (χ4n) is 4.29. The number of halogens is 3. The van der Waals surface area contributed by atoms with E-state index in [0.717, 1.165) is 6.07 Å². The zero-order valence-corrected chi connectivity index (χ0v) is 17.3. The average Bonchev–Trinajstić information content (AvgIpc) is 3.07. The monoisotopic (exact) mass is 431 g/mol. The highest BCUT2D eigenvalue weighted by Gasteiger charge is 2.39. The standard InChI is InChI=1S/C20H28F3N3O2S/c1-3-18(29(27,28)13-19(2)12-24-14-25-19)26-9-7-15(8-10-26)16-5-4-6-17(11-16)20(21,22)23/h3-6,11,15,18,24-25H,1,7-10,12-14H2,2H3. The Morgan fingerprint density at radius 2 is 2.03 bits per heavy atom. The summed E-state index contributed by atoms with van der Waals surface area (Å²) in [5.41, 5.74) is -0.502. The molecule has 162 valence electrons. The first-order valence-corrected chi connectivity index (χ1v) is 11.5. The molecule has 2 unspecified atom stereocenters. The maximum atomic E-state index is 13.0. The lowest BCUT2D eigenvalue weighted by Crippen LogP contribution is -2.51. The number of rotatable bonds is 6. The van der Waals surface area contributed by atoms with Crippen LogP contribution in [0.15, 0.2) is 36.9 Å². The molecule has 0 radical (unpaired) electrons. The zero-order valence-electron chi connectivity index (χ0n) is 16.5. The molecule has 29 heavy (non-hydrogen) atoms. The number of hydrogen-bond donors (Lipinski definition) is 2. The van der Waals surface area contributed by atoms with Crippen LogP contribution in [0.25, 0.3) is 0 Å². The van der Waals surface area contributed by atoms with Crippen molar-refractivity contribution >= 4 is 9.84 Å². The minimum Gasteiger partial charge on any atom is -0.303 e. The highest BCUT2D eigenvalue weighted by Crippen LogP contribution is 2.35. The fraction of sp³-hybridized carbons (Fsp3) is 0.600. The predicted molar refractivity (Wildman–Crippen MR) is 107 cm³/mol. The quantitative estimate of drug-likeness (QED) is 0.679. The Kier molecular flexibility index (Phi) is 6.43. The van der Waals surface area contributed by atoms with Crippen molar-refractivity contribution < 1.29 is 21.6 Å². The summed E-state index contributed by atoms with van der Waals surface area (Å²) in [7, 11) is -3.47. The molecule has 2 aliphatic heterocycles. The number of piperidine rings is 1. The van der Waals surface area contributed by atoms with Crippen molar-refractivity contribution in [1.82, 2.24) is 15.5 Å². The molecule has 0 saturated carbocycles. The lowest BCUT2D eigenvalue weighted by molar-refractivity contribution is -0.137. The van der Waals surface area contributed by atoms with Crippen molar-refractivity contribution in [2.45, 2.75) is 42.8 Å². The highest BCUT2D eigenvalue weighted by molar-refractivity contribution is 7.92. The predicted octanol–water partition coefficient (Wildman–Crippen LogP) is 2.72. The molecule has 2 aliphatic rings. The molecular weight excluding hydrogens is 403 g/mol. The maximum Gasteiger partial charge on any atom is 0.416 e. The minimum absolute atomic E-state index is 0.00273. The second-order valence-corrected chi connectivity index (χ2v) is 10.3. The Morgan fingerprint density at radius 1 is 1.34 bits per heavy atom. The molecule has 0 aromatic heterocycles. The van der Waals surface area contributed by atoms with Gasteiger partial charge >= 0.3 is 6.18 Å². The first kappa shape index (κ1) is 22.3. The summed E-state index contributed by atoms with van der Waals surface area (Å²) in [5.74, 6) is -0.0167. The van der Waals surface area contributed by atoms with Crippen LogP contribution in [0, 0.1) is 0 Å². The number of likely N-dealkylation sites (tertiary alicyclic amines) is 1. The Hall–Kier alpha value is -1.42. The zero-order chi connectivity index (χ0) is 21.3. The van der Waals surface area contributed by atoms with E-state index in [0.29, 0.717) is 44.7 Å². The number of alkyl halides is 3. The van der Waals surface area contributed by atoms with Gasteiger partial charge in [-0.2, -0.15) is 13.2 Å². The molecule has 2 saturated heterocycles. The summed E-state index contributed by atoms with van der Waals surface area (Å²) in [6.45, 7) is 7.77. The van der Waals surface area contributed by atoms with Gasteiger partial charge in [0.1, 0.15) is 5.37 Å². The lowest BCUT2D eigenvalue weighted by atomic mass is 9.88. The van der Waals surface area contributed by atoms with Crippen LogP contribution in [0.2, 0.25) is 0 Å². The number of sulfone groups is 1. The van der Waals surface area contributed by atoms with E-state index >= 15 is 0 Å². The van der Waals surface area contributed by atoms with Crippen molar-refractivity contribution in [3.8, 4) is 0 Å². The molecular formula is C20H28F3N3O2S. The molecule has 9 heteroatoms. The molecule has 2 atom stereocenters. The van der Waals surface area contributed by atoms with Crippen LogP contribution in [0.3, 0.4) is 0 Å². The summed E-state index contributed by atoms with van der Waals surface area (Å²) >= 11 is 0. The third-order valence-corrected chi connectivity index (χ3v) is 8.09. The fourth-order valence-corrected chi connectivity index (χ4v) is 6.51. The van der Waals surface area contributed by atoms with Gasteiger partial charge in [0, 0.05) is 31.8 Å². The van der Waals surface area contributed by atoms with Crippen LogP contribution >= 0.6 is 0 Å². The van der Waals surface area contributed by atoms with E-state index in [9.17, 15) is 21.6 Å². The minimum atomic E-state index is -4.36. The van der Waals surface area contributed by atoms with Gasteiger partial charge in [0.25, 0.3) is 0 Å². The van der Waals surface area contributed by atoms with Crippen molar-refractivity contribution in [3.63, 3.8) is 0 Å². The first-order valence-electron chi connectivity index (χ1n) is 9.75. The molecule has 0 aliphatic carbocycles. The van der Waals surface area contributed by atoms with Crippen LogP contribution in [0.1, 0.15) is 36.8 Å². The van der Waals surface area contributed by atoms with Gasteiger partial charge in [0.2, 0.25) is 0 Å². The van der Waals surface area contributed by atoms with E-state index in [1.54, 1.807) is 6.07 Å². The molecule has 2 N–H and O–H groups in total. The molecule has 1 aromatic rings. The Morgan fingerprint density at radius 3 is 2.59 bits per heavy atom. The van der Waals surface area contributed by atoms with Gasteiger partial charge in [-0.05, 0) is 37.3 Å². The van der Waals surface area contributed by atoms with Gasteiger partial charge in [-0.25, -0.2) is 8.42 Å². The second-order valence-electron chi connectivity index (χ2n) is 8.21. The van der Waals surface area contributed by atoms with Gasteiger partial charge in [-0.15, -0.1) is 6.58 Å². The molecule has 3 rings (SSSR count). The highest BCUT2D eigenvalue weighted by atomic mass is 32.2. The van der Waals surface area contributed by atoms with Gasteiger partial charge in [0.05, 0.1) is 11.3 Å². The van der Waals surface area contributed by atoms with Gasteiger partial charge < -0.3 is 5.32 Å². The number of benzene rings is 1.